The highest BCUT2D eigenvalue weighted by atomic mass is 32.1. The summed E-state index contributed by atoms with van der Waals surface area (Å²) < 4.78 is 0. The van der Waals surface area contributed by atoms with Gasteiger partial charge in [0.2, 0.25) is 0 Å². The molecule has 6 nitrogen and oxygen atoms in total. The van der Waals surface area contributed by atoms with Crippen molar-refractivity contribution in [2.45, 2.75) is 6.92 Å². The number of hydrogen-bond donors (Lipinski definition) is 0. The Morgan fingerprint density at radius 2 is 1.78 bits per heavy atom. The Bertz CT molecular complexity index is 718. The summed E-state index contributed by atoms with van der Waals surface area (Å²) in [5, 5.41) is 12.6. The fourth-order valence-corrected chi connectivity index (χ4v) is 3.58. The number of non-ortho nitro benzene ring substituents is 1. The molecule has 1 aromatic carbocycles. The predicted molar refractivity (Wildman–Crippen MR) is 90.3 cm³/mol. The van der Waals surface area contributed by atoms with Crippen LogP contribution in [0.1, 0.15) is 15.2 Å². The van der Waals surface area contributed by atoms with Gasteiger partial charge in [0.05, 0.1) is 9.80 Å². The van der Waals surface area contributed by atoms with Crippen molar-refractivity contribution in [3.8, 4) is 0 Å². The van der Waals surface area contributed by atoms with E-state index in [-0.39, 0.29) is 11.6 Å². The average molecular weight is 331 g/mol. The molecule has 0 N–H and O–H groups in total. The smallest absolute Gasteiger partial charge is 0.269 e. The summed E-state index contributed by atoms with van der Waals surface area (Å²) in [6.07, 6.45) is 0. The number of piperazine rings is 1. The van der Waals surface area contributed by atoms with Crippen molar-refractivity contribution in [2.75, 3.05) is 31.1 Å². The quantitative estimate of drug-likeness (QED) is 0.641. The van der Waals surface area contributed by atoms with E-state index in [0.717, 1.165) is 29.2 Å². The van der Waals surface area contributed by atoms with Gasteiger partial charge in [0.15, 0.2) is 0 Å². The van der Waals surface area contributed by atoms with Crippen molar-refractivity contribution < 1.29 is 9.72 Å². The largest absolute Gasteiger partial charge is 0.368 e. The number of nitro groups is 1. The second-order valence-electron chi connectivity index (χ2n) is 5.49. The van der Waals surface area contributed by atoms with E-state index in [1.54, 1.807) is 12.1 Å². The molecule has 0 radical (unpaired) electrons. The zero-order valence-corrected chi connectivity index (χ0v) is 13.6. The van der Waals surface area contributed by atoms with E-state index in [2.05, 4.69) is 4.90 Å². The number of amides is 1. The van der Waals surface area contributed by atoms with Crippen molar-refractivity contribution in [3.63, 3.8) is 0 Å². The normalized spacial score (nSPS) is 14.8. The maximum absolute atomic E-state index is 12.5. The monoisotopic (exact) mass is 331 g/mol. The van der Waals surface area contributed by atoms with Crippen LogP contribution in [0.4, 0.5) is 11.4 Å². The Hall–Kier alpha value is -2.41. The third kappa shape index (κ3) is 3.19. The molecule has 2 aromatic rings. The molecule has 0 atom stereocenters. The molecule has 1 aromatic heterocycles. The van der Waals surface area contributed by atoms with Gasteiger partial charge in [-0.25, -0.2) is 0 Å². The van der Waals surface area contributed by atoms with Crippen molar-refractivity contribution in [1.29, 1.82) is 0 Å². The van der Waals surface area contributed by atoms with Gasteiger partial charge in [-0.3, -0.25) is 14.9 Å². The Morgan fingerprint density at radius 3 is 2.30 bits per heavy atom. The molecule has 1 aliphatic heterocycles. The molecule has 1 saturated heterocycles. The van der Waals surface area contributed by atoms with Crippen LogP contribution < -0.4 is 4.90 Å². The molecule has 2 heterocycles. The van der Waals surface area contributed by atoms with E-state index in [1.807, 2.05) is 23.3 Å². The number of rotatable bonds is 3. The molecule has 0 unspecified atom stereocenters. The van der Waals surface area contributed by atoms with E-state index in [9.17, 15) is 14.9 Å². The minimum absolute atomic E-state index is 0.0933. The van der Waals surface area contributed by atoms with Gasteiger partial charge < -0.3 is 9.80 Å². The summed E-state index contributed by atoms with van der Waals surface area (Å²) in [5.41, 5.74) is 2.07. The topological polar surface area (TPSA) is 66.7 Å². The van der Waals surface area contributed by atoms with Crippen LogP contribution in [0.15, 0.2) is 35.7 Å². The third-order valence-corrected chi connectivity index (χ3v) is 5.05. The lowest BCUT2D eigenvalue weighted by atomic mass is 10.2. The lowest BCUT2D eigenvalue weighted by molar-refractivity contribution is -0.384. The van der Waals surface area contributed by atoms with Gasteiger partial charge >= 0.3 is 0 Å². The molecule has 1 amide bonds. The minimum atomic E-state index is -0.399. The number of carbonyl (C=O) groups excluding carboxylic acids is 1. The van der Waals surface area contributed by atoms with Gasteiger partial charge in [0.25, 0.3) is 11.6 Å². The molecule has 7 heteroatoms. The molecule has 1 fully saturated rings. The SMILES string of the molecule is Cc1ccsc1C(=O)N1CCN(c2ccc([N+](=O)[O-])cc2)CC1. The lowest BCUT2D eigenvalue weighted by Gasteiger charge is -2.36. The van der Waals surface area contributed by atoms with E-state index >= 15 is 0 Å². The highest BCUT2D eigenvalue weighted by Crippen LogP contribution is 2.22. The number of anilines is 1. The highest BCUT2D eigenvalue weighted by molar-refractivity contribution is 7.12. The summed E-state index contributed by atoms with van der Waals surface area (Å²) in [6.45, 7) is 4.74. The van der Waals surface area contributed by atoms with Crippen LogP contribution in [0.2, 0.25) is 0 Å². The standard InChI is InChI=1S/C16H17N3O3S/c1-12-6-11-23-15(12)16(20)18-9-7-17(8-10-18)13-2-4-14(5-3-13)19(21)22/h2-6,11H,7-10H2,1H3. The van der Waals surface area contributed by atoms with E-state index in [1.165, 1.54) is 23.5 Å². The zero-order chi connectivity index (χ0) is 16.4. The maximum atomic E-state index is 12.5. The average Bonchev–Trinajstić information content (AvgIpc) is 3.00. The molecular formula is C16H17N3O3S. The van der Waals surface area contributed by atoms with Gasteiger partial charge in [-0.05, 0) is 36.1 Å². The van der Waals surface area contributed by atoms with E-state index in [4.69, 9.17) is 0 Å². The first-order chi connectivity index (χ1) is 11.1. The summed E-state index contributed by atoms with van der Waals surface area (Å²) >= 11 is 1.48. The Kier molecular flexibility index (Phi) is 4.29. The summed E-state index contributed by atoms with van der Waals surface area (Å²) in [4.78, 5) is 27.6. The molecule has 1 aliphatic rings. The maximum Gasteiger partial charge on any atom is 0.269 e. The van der Waals surface area contributed by atoms with Crippen molar-refractivity contribution >= 4 is 28.6 Å². The zero-order valence-electron chi connectivity index (χ0n) is 12.8. The number of aryl methyl sites for hydroxylation is 1. The highest BCUT2D eigenvalue weighted by Gasteiger charge is 2.24. The van der Waals surface area contributed by atoms with Gasteiger partial charge in [0, 0.05) is 44.0 Å². The Labute approximate surface area is 138 Å². The van der Waals surface area contributed by atoms with Gasteiger partial charge in [-0.1, -0.05) is 0 Å². The Balaban J connectivity index is 1.63. The fourth-order valence-electron chi connectivity index (χ4n) is 2.69. The van der Waals surface area contributed by atoms with Crippen LogP contribution in [0.3, 0.4) is 0 Å². The first-order valence-electron chi connectivity index (χ1n) is 7.39. The minimum Gasteiger partial charge on any atom is -0.368 e. The summed E-state index contributed by atoms with van der Waals surface area (Å²) in [5.74, 6) is 0.0980. The second kappa shape index (κ2) is 6.37. The summed E-state index contributed by atoms with van der Waals surface area (Å²) in [6, 6.07) is 8.52. The first kappa shape index (κ1) is 15.5. The van der Waals surface area contributed by atoms with Crippen LogP contribution in [0.25, 0.3) is 0 Å². The first-order valence-corrected chi connectivity index (χ1v) is 8.27. The predicted octanol–water partition coefficient (Wildman–Crippen LogP) is 2.93. The molecule has 0 bridgehead atoms. The molecular weight excluding hydrogens is 314 g/mol. The number of thiophene rings is 1. The number of hydrogen-bond acceptors (Lipinski definition) is 5. The molecule has 120 valence electrons. The molecule has 0 saturated carbocycles. The van der Waals surface area contributed by atoms with Crippen LogP contribution in [-0.4, -0.2) is 41.9 Å². The van der Waals surface area contributed by atoms with Crippen LogP contribution in [0, 0.1) is 17.0 Å². The van der Waals surface area contributed by atoms with Gasteiger partial charge in [0.1, 0.15) is 0 Å². The summed E-state index contributed by atoms with van der Waals surface area (Å²) in [7, 11) is 0. The second-order valence-corrected chi connectivity index (χ2v) is 6.40. The number of nitrogens with zero attached hydrogens (tertiary/aromatic N) is 3. The lowest BCUT2D eigenvalue weighted by Crippen LogP contribution is -2.48. The number of nitro benzene ring substituents is 1. The van der Waals surface area contributed by atoms with Crippen molar-refractivity contribution in [2.24, 2.45) is 0 Å². The Morgan fingerprint density at radius 1 is 1.13 bits per heavy atom. The molecule has 0 spiro atoms. The number of carbonyl (C=O) groups is 1. The van der Waals surface area contributed by atoms with Crippen LogP contribution in [-0.2, 0) is 0 Å². The van der Waals surface area contributed by atoms with Crippen LogP contribution in [0.5, 0.6) is 0 Å². The number of benzene rings is 1. The van der Waals surface area contributed by atoms with Crippen LogP contribution >= 0.6 is 11.3 Å². The molecule has 23 heavy (non-hydrogen) atoms. The van der Waals surface area contributed by atoms with Crippen molar-refractivity contribution in [3.05, 3.63) is 56.3 Å². The molecule has 3 rings (SSSR count). The fraction of sp³-hybridized carbons (Fsp3) is 0.312. The van der Waals surface area contributed by atoms with Gasteiger partial charge in [-0.2, -0.15) is 0 Å². The van der Waals surface area contributed by atoms with Gasteiger partial charge in [-0.15, -0.1) is 11.3 Å². The van der Waals surface area contributed by atoms with E-state index in [0.29, 0.717) is 13.1 Å². The third-order valence-electron chi connectivity index (χ3n) is 4.05. The van der Waals surface area contributed by atoms with E-state index < -0.39 is 4.92 Å². The molecule has 0 aliphatic carbocycles. The van der Waals surface area contributed by atoms with Crippen molar-refractivity contribution in [1.82, 2.24) is 4.90 Å².